The van der Waals surface area contributed by atoms with Crippen LogP contribution in [0, 0.1) is 0 Å². The van der Waals surface area contributed by atoms with E-state index in [0.29, 0.717) is 6.04 Å². The molecule has 1 unspecified atom stereocenters. The topological polar surface area (TPSA) is 44.3 Å². The highest BCUT2D eigenvalue weighted by Gasteiger charge is 2.10. The molecule has 0 aromatic rings. The van der Waals surface area contributed by atoms with Gasteiger partial charge in [0, 0.05) is 12.6 Å². The van der Waals surface area contributed by atoms with Gasteiger partial charge in [0.05, 0.1) is 6.10 Å². The number of hydrogen-bond donors (Lipinski definition) is 3. The predicted octanol–water partition coefficient (Wildman–Crippen LogP) is 0.0989. The zero-order chi connectivity index (χ0) is 8.81. The third-order valence-corrected chi connectivity index (χ3v) is 2.28. The van der Waals surface area contributed by atoms with Gasteiger partial charge in [-0.2, -0.15) is 0 Å². The maximum Gasteiger partial charge on any atom is 0.0636 e. The molecular weight excluding hydrogens is 152 g/mol. The molecule has 1 aliphatic rings. The summed E-state index contributed by atoms with van der Waals surface area (Å²) >= 11 is 0. The highest BCUT2D eigenvalue weighted by atomic mass is 16.3. The minimum atomic E-state index is -0.221. The first-order chi connectivity index (χ1) is 5.79. The molecule has 0 aromatic carbocycles. The normalized spacial score (nSPS) is 28.0. The largest absolute Gasteiger partial charge is 0.392 e. The van der Waals surface area contributed by atoms with Crippen LogP contribution in [0.25, 0.3) is 0 Å². The molecule has 1 heterocycles. The molecule has 12 heavy (non-hydrogen) atoms. The van der Waals surface area contributed by atoms with Crippen LogP contribution in [0.3, 0.4) is 0 Å². The Morgan fingerprint density at radius 3 is 3.08 bits per heavy atom. The van der Waals surface area contributed by atoms with Crippen molar-refractivity contribution in [3.05, 3.63) is 0 Å². The molecule has 0 aromatic heterocycles. The highest BCUT2D eigenvalue weighted by Crippen LogP contribution is 2.04. The van der Waals surface area contributed by atoms with Crippen molar-refractivity contribution in [2.24, 2.45) is 0 Å². The summed E-state index contributed by atoms with van der Waals surface area (Å²) in [5, 5.41) is 15.8. The van der Waals surface area contributed by atoms with Crippen molar-refractivity contribution in [1.82, 2.24) is 10.6 Å². The van der Waals surface area contributed by atoms with Crippen LogP contribution in [-0.2, 0) is 0 Å². The summed E-state index contributed by atoms with van der Waals surface area (Å²) in [7, 11) is 0. The predicted molar refractivity (Wildman–Crippen MR) is 50.2 cm³/mol. The molecule has 0 spiro atoms. The quantitative estimate of drug-likeness (QED) is 0.565. The molecule has 1 fully saturated rings. The zero-order valence-corrected chi connectivity index (χ0v) is 7.84. The summed E-state index contributed by atoms with van der Waals surface area (Å²) in [6, 6.07) is 0.606. The number of nitrogens with one attached hydrogen (secondary N) is 2. The standard InChI is InChI=1S/C9H20N2O/c1-8(12)7-11-9-3-2-5-10-6-4-9/h8-12H,2-7H2,1H3/t8-,9?/m0/s1. The second kappa shape index (κ2) is 5.51. The van der Waals surface area contributed by atoms with Gasteiger partial charge in [-0.15, -0.1) is 0 Å². The first kappa shape index (κ1) is 9.96. The van der Waals surface area contributed by atoms with E-state index >= 15 is 0 Å². The maximum atomic E-state index is 9.08. The van der Waals surface area contributed by atoms with Crippen molar-refractivity contribution in [1.29, 1.82) is 0 Å². The van der Waals surface area contributed by atoms with Gasteiger partial charge in [-0.05, 0) is 39.3 Å². The van der Waals surface area contributed by atoms with E-state index in [2.05, 4.69) is 10.6 Å². The van der Waals surface area contributed by atoms with Gasteiger partial charge in [0.25, 0.3) is 0 Å². The van der Waals surface area contributed by atoms with E-state index in [1.165, 1.54) is 19.3 Å². The lowest BCUT2D eigenvalue weighted by Crippen LogP contribution is -2.35. The van der Waals surface area contributed by atoms with Crippen molar-refractivity contribution in [3.8, 4) is 0 Å². The lowest BCUT2D eigenvalue weighted by molar-refractivity contribution is 0.184. The van der Waals surface area contributed by atoms with E-state index in [0.717, 1.165) is 19.6 Å². The molecule has 0 amide bonds. The Morgan fingerprint density at radius 2 is 2.33 bits per heavy atom. The Morgan fingerprint density at radius 1 is 1.50 bits per heavy atom. The van der Waals surface area contributed by atoms with Crippen molar-refractivity contribution < 1.29 is 5.11 Å². The third-order valence-electron chi connectivity index (χ3n) is 2.28. The second-order valence-electron chi connectivity index (χ2n) is 3.64. The lowest BCUT2D eigenvalue weighted by atomic mass is 10.1. The molecule has 0 aliphatic carbocycles. The highest BCUT2D eigenvalue weighted by molar-refractivity contribution is 4.72. The van der Waals surface area contributed by atoms with E-state index < -0.39 is 0 Å². The Hall–Kier alpha value is -0.120. The molecule has 0 saturated carbocycles. The first-order valence-electron chi connectivity index (χ1n) is 4.91. The van der Waals surface area contributed by atoms with Crippen molar-refractivity contribution >= 4 is 0 Å². The van der Waals surface area contributed by atoms with E-state index in [1.807, 2.05) is 6.92 Å². The smallest absolute Gasteiger partial charge is 0.0636 e. The van der Waals surface area contributed by atoms with Crippen LogP contribution in [0.2, 0.25) is 0 Å². The van der Waals surface area contributed by atoms with Gasteiger partial charge in [-0.25, -0.2) is 0 Å². The first-order valence-corrected chi connectivity index (χ1v) is 4.91. The SMILES string of the molecule is C[C@H](O)CNC1CCCNCC1. The summed E-state index contributed by atoms with van der Waals surface area (Å²) in [5.41, 5.74) is 0. The molecular formula is C9H20N2O. The number of aliphatic hydroxyl groups excluding tert-OH is 1. The van der Waals surface area contributed by atoms with Gasteiger partial charge in [-0.3, -0.25) is 0 Å². The van der Waals surface area contributed by atoms with Crippen molar-refractivity contribution in [3.63, 3.8) is 0 Å². The van der Waals surface area contributed by atoms with Crippen molar-refractivity contribution in [2.75, 3.05) is 19.6 Å². The molecule has 2 atom stereocenters. The molecule has 3 heteroatoms. The van der Waals surface area contributed by atoms with Gasteiger partial charge >= 0.3 is 0 Å². The van der Waals surface area contributed by atoms with Crippen LogP contribution in [0.4, 0.5) is 0 Å². The Bertz CT molecular complexity index is 109. The van der Waals surface area contributed by atoms with Gasteiger partial charge in [-0.1, -0.05) is 0 Å². The van der Waals surface area contributed by atoms with Crippen LogP contribution < -0.4 is 10.6 Å². The van der Waals surface area contributed by atoms with E-state index in [-0.39, 0.29) is 6.10 Å². The van der Waals surface area contributed by atoms with Crippen LogP contribution in [0.15, 0.2) is 0 Å². The molecule has 0 radical (unpaired) electrons. The second-order valence-corrected chi connectivity index (χ2v) is 3.64. The summed E-state index contributed by atoms with van der Waals surface area (Å²) in [4.78, 5) is 0. The molecule has 1 aliphatic heterocycles. The number of aliphatic hydroxyl groups is 1. The van der Waals surface area contributed by atoms with E-state index in [9.17, 15) is 0 Å². The average Bonchev–Trinajstić information content (AvgIpc) is 2.28. The summed E-state index contributed by atoms with van der Waals surface area (Å²) in [5.74, 6) is 0. The Balaban J connectivity index is 2.12. The van der Waals surface area contributed by atoms with Crippen LogP contribution >= 0.6 is 0 Å². The van der Waals surface area contributed by atoms with Gasteiger partial charge < -0.3 is 15.7 Å². The summed E-state index contributed by atoms with van der Waals surface area (Å²) < 4.78 is 0. The van der Waals surface area contributed by atoms with Crippen LogP contribution in [-0.4, -0.2) is 36.9 Å². The van der Waals surface area contributed by atoms with Gasteiger partial charge in [0.1, 0.15) is 0 Å². The zero-order valence-electron chi connectivity index (χ0n) is 7.84. The minimum Gasteiger partial charge on any atom is -0.392 e. The molecule has 1 rings (SSSR count). The number of hydrogen-bond acceptors (Lipinski definition) is 3. The van der Waals surface area contributed by atoms with Gasteiger partial charge in [0.2, 0.25) is 0 Å². The monoisotopic (exact) mass is 172 g/mol. The third kappa shape index (κ3) is 4.04. The fourth-order valence-electron chi connectivity index (χ4n) is 1.56. The Kier molecular flexibility index (Phi) is 4.58. The number of rotatable bonds is 3. The maximum absolute atomic E-state index is 9.08. The Labute approximate surface area is 74.5 Å². The molecule has 3 N–H and O–H groups in total. The molecule has 72 valence electrons. The van der Waals surface area contributed by atoms with E-state index in [4.69, 9.17) is 5.11 Å². The minimum absolute atomic E-state index is 0.221. The fourth-order valence-corrected chi connectivity index (χ4v) is 1.56. The van der Waals surface area contributed by atoms with Crippen LogP contribution in [0.5, 0.6) is 0 Å². The average molecular weight is 172 g/mol. The fraction of sp³-hybridized carbons (Fsp3) is 1.00. The molecule has 0 bridgehead atoms. The lowest BCUT2D eigenvalue weighted by Gasteiger charge is -2.16. The van der Waals surface area contributed by atoms with Gasteiger partial charge in [0.15, 0.2) is 0 Å². The molecule has 3 nitrogen and oxygen atoms in total. The van der Waals surface area contributed by atoms with Crippen LogP contribution in [0.1, 0.15) is 26.2 Å². The summed E-state index contributed by atoms with van der Waals surface area (Å²) in [6.45, 7) is 4.80. The summed E-state index contributed by atoms with van der Waals surface area (Å²) in [6.07, 6.45) is 3.45. The van der Waals surface area contributed by atoms with E-state index in [1.54, 1.807) is 0 Å². The van der Waals surface area contributed by atoms with Crippen molar-refractivity contribution in [2.45, 2.75) is 38.3 Å². The molecule has 1 saturated heterocycles.